The minimum absolute atomic E-state index is 0.244. The van der Waals surface area contributed by atoms with Gasteiger partial charge >= 0.3 is 12.2 Å². The molecule has 2 amide bonds. The molecule has 282 valence electrons. The maximum absolute atomic E-state index is 14.0. The van der Waals surface area contributed by atoms with Crippen molar-refractivity contribution in [3.8, 4) is 34.5 Å². The molecule has 0 spiro atoms. The summed E-state index contributed by atoms with van der Waals surface area (Å²) in [5, 5.41) is 0. The number of nitrogens with zero attached hydrogens (tertiary/aromatic N) is 3. The molecule has 5 aromatic rings. The monoisotopic (exact) mass is 733 g/mol. The van der Waals surface area contributed by atoms with Gasteiger partial charge in [-0.15, -0.1) is 0 Å². The fourth-order valence-electron chi connectivity index (χ4n) is 5.71. The van der Waals surface area contributed by atoms with Crippen LogP contribution in [0, 0.1) is 0 Å². The highest BCUT2D eigenvalue weighted by molar-refractivity contribution is 5.73. The van der Waals surface area contributed by atoms with Crippen molar-refractivity contribution in [1.29, 1.82) is 0 Å². The normalized spacial score (nSPS) is 10.7. The second-order valence-corrected chi connectivity index (χ2v) is 12.9. The predicted molar refractivity (Wildman–Crippen MR) is 206 cm³/mol. The van der Waals surface area contributed by atoms with Gasteiger partial charge in [0.2, 0.25) is 0 Å². The Labute approximate surface area is 317 Å². The first kappa shape index (κ1) is 39.0. The van der Waals surface area contributed by atoms with Gasteiger partial charge in [0.1, 0.15) is 34.5 Å². The standard InChI is InChI=1S/C43H47N3O8/c1-44(2)26-35-23-40(53-42(47)45(27-31-7-15-36(49-3)16-8-31)28-32-9-17-37(50-4)18-10-32)25-41(24-35)54-43(48)46(29-33-11-19-38(51-5)20-12-33)30-34-13-21-39(52-6)22-14-34/h7-25H,26-30H2,1-6H3. The number of ether oxygens (including phenoxy) is 6. The largest absolute Gasteiger partial charge is 0.497 e. The van der Waals surface area contributed by atoms with Crippen LogP contribution in [-0.2, 0) is 32.7 Å². The average molecular weight is 734 g/mol. The van der Waals surface area contributed by atoms with Crippen LogP contribution < -0.4 is 28.4 Å². The number of rotatable bonds is 16. The minimum atomic E-state index is -0.568. The molecule has 0 aromatic heterocycles. The zero-order valence-corrected chi connectivity index (χ0v) is 31.6. The Hall–Kier alpha value is -6.20. The number of methoxy groups -OCH3 is 4. The molecule has 5 rings (SSSR count). The summed E-state index contributed by atoms with van der Waals surface area (Å²) in [5.41, 5.74) is 4.37. The zero-order chi connectivity index (χ0) is 38.5. The Morgan fingerprint density at radius 3 is 0.907 bits per heavy atom. The maximum atomic E-state index is 14.0. The van der Waals surface area contributed by atoms with Crippen LogP contribution in [0.25, 0.3) is 0 Å². The lowest BCUT2D eigenvalue weighted by Crippen LogP contribution is -2.33. The van der Waals surface area contributed by atoms with E-state index in [1.807, 2.05) is 116 Å². The van der Waals surface area contributed by atoms with E-state index in [2.05, 4.69) is 0 Å². The first-order valence-electron chi connectivity index (χ1n) is 17.4. The lowest BCUT2D eigenvalue weighted by atomic mass is 10.1. The van der Waals surface area contributed by atoms with Gasteiger partial charge in [0.25, 0.3) is 0 Å². The quantitative estimate of drug-likeness (QED) is 0.0995. The summed E-state index contributed by atoms with van der Waals surface area (Å²) in [5.74, 6) is 3.36. The minimum Gasteiger partial charge on any atom is -0.497 e. The summed E-state index contributed by atoms with van der Waals surface area (Å²) in [4.78, 5) is 33.1. The van der Waals surface area contributed by atoms with Crippen molar-refractivity contribution in [2.75, 3.05) is 42.5 Å². The molecule has 0 fully saturated rings. The SMILES string of the molecule is COc1ccc(CN(Cc2ccc(OC)cc2)C(=O)Oc2cc(CN(C)C)cc(OC(=O)N(Cc3ccc(OC)cc3)Cc3ccc(OC)cc3)c2)cc1. The van der Waals surface area contributed by atoms with Crippen molar-refractivity contribution >= 4 is 12.2 Å². The Morgan fingerprint density at radius 1 is 0.389 bits per heavy atom. The summed E-state index contributed by atoms with van der Waals surface area (Å²) in [7, 11) is 10.3. The first-order chi connectivity index (χ1) is 26.1. The molecular weight excluding hydrogens is 686 g/mol. The van der Waals surface area contributed by atoms with E-state index in [1.54, 1.807) is 56.4 Å². The van der Waals surface area contributed by atoms with Gasteiger partial charge < -0.3 is 33.3 Å². The zero-order valence-electron chi connectivity index (χ0n) is 31.6. The van der Waals surface area contributed by atoms with E-state index < -0.39 is 12.2 Å². The second-order valence-electron chi connectivity index (χ2n) is 12.9. The van der Waals surface area contributed by atoms with Gasteiger partial charge in [-0.25, -0.2) is 9.59 Å². The van der Waals surface area contributed by atoms with E-state index in [0.29, 0.717) is 6.54 Å². The van der Waals surface area contributed by atoms with E-state index in [1.165, 1.54) is 0 Å². The van der Waals surface area contributed by atoms with Crippen LogP contribution >= 0.6 is 0 Å². The molecule has 0 aliphatic carbocycles. The molecule has 0 aliphatic heterocycles. The third-order valence-electron chi connectivity index (χ3n) is 8.50. The number of benzene rings is 5. The van der Waals surface area contributed by atoms with Crippen molar-refractivity contribution in [3.05, 3.63) is 143 Å². The number of carbonyl (C=O) groups is 2. The van der Waals surface area contributed by atoms with E-state index in [0.717, 1.165) is 50.8 Å². The van der Waals surface area contributed by atoms with Crippen molar-refractivity contribution < 1.29 is 38.0 Å². The lowest BCUT2D eigenvalue weighted by molar-refractivity contribution is 0.144. The molecule has 0 unspecified atom stereocenters. The summed E-state index contributed by atoms with van der Waals surface area (Å²) in [6.07, 6.45) is -1.14. The van der Waals surface area contributed by atoms with E-state index in [9.17, 15) is 9.59 Å². The van der Waals surface area contributed by atoms with Crippen molar-refractivity contribution in [1.82, 2.24) is 14.7 Å². The third kappa shape index (κ3) is 11.4. The molecule has 0 bridgehead atoms. The molecule has 0 atom stereocenters. The number of hydrogen-bond acceptors (Lipinski definition) is 9. The van der Waals surface area contributed by atoms with Crippen LogP contribution in [0.4, 0.5) is 9.59 Å². The topological polar surface area (TPSA) is 99.2 Å². The molecule has 11 heteroatoms. The summed E-state index contributed by atoms with van der Waals surface area (Å²) in [6, 6.07) is 35.2. The second kappa shape index (κ2) is 19.0. The van der Waals surface area contributed by atoms with Crippen LogP contribution in [0.1, 0.15) is 27.8 Å². The molecule has 54 heavy (non-hydrogen) atoms. The fraction of sp³-hybridized carbons (Fsp3) is 0.256. The van der Waals surface area contributed by atoms with Crippen LogP contribution in [0.15, 0.2) is 115 Å². The number of carbonyl (C=O) groups excluding carboxylic acids is 2. The fourth-order valence-corrected chi connectivity index (χ4v) is 5.71. The van der Waals surface area contributed by atoms with Gasteiger partial charge in [-0.2, -0.15) is 0 Å². The van der Waals surface area contributed by atoms with Crippen LogP contribution in [0.5, 0.6) is 34.5 Å². The molecular formula is C43H47N3O8. The third-order valence-corrected chi connectivity index (χ3v) is 8.50. The van der Waals surface area contributed by atoms with Crippen LogP contribution in [-0.4, -0.2) is 69.4 Å². The Kier molecular flexibility index (Phi) is 13.8. The van der Waals surface area contributed by atoms with E-state index in [-0.39, 0.29) is 37.7 Å². The van der Waals surface area contributed by atoms with Crippen molar-refractivity contribution in [2.24, 2.45) is 0 Å². The maximum Gasteiger partial charge on any atom is 0.415 e. The summed E-state index contributed by atoms with van der Waals surface area (Å²) < 4.78 is 33.4. The van der Waals surface area contributed by atoms with Gasteiger partial charge in [-0.3, -0.25) is 9.80 Å². The molecule has 0 aliphatic rings. The molecule has 0 saturated carbocycles. The Balaban J connectivity index is 1.40. The molecule has 0 heterocycles. The van der Waals surface area contributed by atoms with Crippen LogP contribution in [0.2, 0.25) is 0 Å². The highest BCUT2D eigenvalue weighted by Crippen LogP contribution is 2.27. The molecule has 0 saturated heterocycles. The lowest BCUT2D eigenvalue weighted by Gasteiger charge is -2.24. The van der Waals surface area contributed by atoms with Gasteiger partial charge in [-0.1, -0.05) is 48.5 Å². The summed E-state index contributed by atoms with van der Waals surface area (Å²) >= 11 is 0. The van der Waals surface area contributed by atoms with Crippen molar-refractivity contribution in [3.63, 3.8) is 0 Å². The average Bonchev–Trinajstić information content (AvgIpc) is 3.18. The number of amides is 2. The van der Waals surface area contributed by atoms with Gasteiger partial charge in [-0.05, 0) is 103 Å². The Morgan fingerprint density at radius 2 is 0.667 bits per heavy atom. The highest BCUT2D eigenvalue weighted by atomic mass is 16.6. The first-order valence-corrected chi connectivity index (χ1v) is 17.4. The van der Waals surface area contributed by atoms with E-state index in [4.69, 9.17) is 28.4 Å². The smallest absolute Gasteiger partial charge is 0.415 e. The van der Waals surface area contributed by atoms with Crippen molar-refractivity contribution in [2.45, 2.75) is 32.7 Å². The Bertz CT molecular complexity index is 1710. The van der Waals surface area contributed by atoms with E-state index >= 15 is 0 Å². The molecule has 5 aromatic carbocycles. The summed E-state index contributed by atoms with van der Waals surface area (Å²) in [6.45, 7) is 1.62. The molecule has 0 N–H and O–H groups in total. The highest BCUT2D eigenvalue weighted by Gasteiger charge is 2.21. The van der Waals surface area contributed by atoms with Gasteiger partial charge in [0.15, 0.2) is 0 Å². The van der Waals surface area contributed by atoms with Gasteiger partial charge in [0, 0.05) is 38.8 Å². The molecule has 11 nitrogen and oxygen atoms in total. The number of hydrogen-bond donors (Lipinski definition) is 0. The predicted octanol–water partition coefficient (Wildman–Crippen LogP) is 8.19. The molecule has 0 radical (unpaired) electrons. The van der Waals surface area contributed by atoms with Crippen LogP contribution in [0.3, 0.4) is 0 Å². The van der Waals surface area contributed by atoms with Gasteiger partial charge in [0.05, 0.1) is 28.4 Å².